The van der Waals surface area contributed by atoms with Crippen molar-refractivity contribution >= 4 is 34.0 Å². The molecular formula is C17H19N3O2S. The van der Waals surface area contributed by atoms with Crippen molar-refractivity contribution in [2.75, 3.05) is 16.8 Å². The van der Waals surface area contributed by atoms with Gasteiger partial charge in [0.1, 0.15) is 0 Å². The maximum Gasteiger partial charge on any atom is 0.231 e. The molecule has 1 saturated heterocycles. The van der Waals surface area contributed by atoms with Gasteiger partial charge in [-0.1, -0.05) is 25.1 Å². The van der Waals surface area contributed by atoms with Crippen molar-refractivity contribution in [3.63, 3.8) is 0 Å². The van der Waals surface area contributed by atoms with Crippen molar-refractivity contribution < 1.29 is 9.59 Å². The molecule has 0 aliphatic carbocycles. The highest BCUT2D eigenvalue weighted by atomic mass is 32.1. The maximum atomic E-state index is 12.4. The standard InChI is InChI=1S/C17H19N3O2S/c1-3-14-11(2)23-17(18-14)19-16(22)12-9-15(21)20(10-12)13-7-5-4-6-8-13/h4-8,12H,3,9-10H2,1-2H3,(H,18,19,22). The Morgan fingerprint density at radius 2 is 2.13 bits per heavy atom. The third-order valence-corrected chi connectivity index (χ3v) is 4.95. The highest BCUT2D eigenvalue weighted by Crippen LogP contribution is 2.27. The molecule has 1 aliphatic rings. The number of carbonyl (C=O) groups excluding carboxylic acids is 2. The third kappa shape index (κ3) is 3.27. The highest BCUT2D eigenvalue weighted by Gasteiger charge is 2.35. The van der Waals surface area contributed by atoms with Gasteiger partial charge in [-0.2, -0.15) is 0 Å². The molecular weight excluding hydrogens is 310 g/mol. The quantitative estimate of drug-likeness (QED) is 0.938. The number of hydrogen-bond donors (Lipinski definition) is 1. The third-order valence-electron chi connectivity index (χ3n) is 4.02. The van der Waals surface area contributed by atoms with Crippen LogP contribution in [0.1, 0.15) is 23.9 Å². The molecule has 0 spiro atoms. The fraction of sp³-hybridized carbons (Fsp3) is 0.353. The number of amides is 2. The second kappa shape index (κ2) is 6.50. The van der Waals surface area contributed by atoms with Crippen LogP contribution in [-0.2, 0) is 16.0 Å². The molecule has 0 bridgehead atoms. The molecule has 23 heavy (non-hydrogen) atoms. The fourth-order valence-electron chi connectivity index (χ4n) is 2.76. The lowest BCUT2D eigenvalue weighted by molar-refractivity contribution is -0.122. The van der Waals surface area contributed by atoms with Crippen LogP contribution in [0.2, 0.25) is 0 Å². The first kappa shape index (κ1) is 15.7. The average Bonchev–Trinajstić information content (AvgIpc) is 3.11. The Morgan fingerprint density at radius 3 is 2.78 bits per heavy atom. The van der Waals surface area contributed by atoms with Crippen LogP contribution in [-0.4, -0.2) is 23.3 Å². The molecule has 1 aromatic heterocycles. The minimum atomic E-state index is -0.336. The number of aromatic nitrogens is 1. The molecule has 1 N–H and O–H groups in total. The molecule has 5 nitrogen and oxygen atoms in total. The summed E-state index contributed by atoms with van der Waals surface area (Å²) in [5.74, 6) is -0.480. The van der Waals surface area contributed by atoms with E-state index in [-0.39, 0.29) is 24.2 Å². The first-order valence-corrected chi connectivity index (χ1v) is 8.52. The van der Waals surface area contributed by atoms with Crippen molar-refractivity contribution in [3.8, 4) is 0 Å². The van der Waals surface area contributed by atoms with Crippen LogP contribution in [0.3, 0.4) is 0 Å². The number of anilines is 2. The Kier molecular flexibility index (Phi) is 4.43. The van der Waals surface area contributed by atoms with Crippen molar-refractivity contribution in [1.29, 1.82) is 0 Å². The van der Waals surface area contributed by atoms with Crippen molar-refractivity contribution in [1.82, 2.24) is 4.98 Å². The van der Waals surface area contributed by atoms with Gasteiger partial charge in [0.05, 0.1) is 11.6 Å². The van der Waals surface area contributed by atoms with Crippen LogP contribution in [0.4, 0.5) is 10.8 Å². The monoisotopic (exact) mass is 329 g/mol. The topological polar surface area (TPSA) is 62.3 Å². The van der Waals surface area contributed by atoms with E-state index < -0.39 is 0 Å². The summed E-state index contributed by atoms with van der Waals surface area (Å²) >= 11 is 1.48. The second-order valence-corrected chi connectivity index (χ2v) is 6.81. The molecule has 1 unspecified atom stereocenters. The van der Waals surface area contributed by atoms with Crippen molar-refractivity contribution in [2.24, 2.45) is 5.92 Å². The number of nitrogens with one attached hydrogen (secondary N) is 1. The van der Waals surface area contributed by atoms with Gasteiger partial charge in [0.15, 0.2) is 5.13 Å². The molecule has 0 radical (unpaired) electrons. The van der Waals surface area contributed by atoms with Crippen LogP contribution in [0.25, 0.3) is 0 Å². The SMILES string of the molecule is CCc1nc(NC(=O)C2CC(=O)N(c3ccccc3)C2)sc1C. The summed E-state index contributed by atoms with van der Waals surface area (Å²) in [7, 11) is 0. The minimum Gasteiger partial charge on any atom is -0.312 e. The average molecular weight is 329 g/mol. The number of aryl methyl sites for hydroxylation is 2. The Labute approximate surface area is 139 Å². The molecule has 6 heteroatoms. The predicted octanol–water partition coefficient (Wildman–Crippen LogP) is 3.01. The maximum absolute atomic E-state index is 12.4. The van der Waals surface area contributed by atoms with Gasteiger partial charge in [-0.3, -0.25) is 9.59 Å². The van der Waals surface area contributed by atoms with Crippen molar-refractivity contribution in [2.45, 2.75) is 26.7 Å². The van der Waals surface area contributed by atoms with Crippen LogP contribution < -0.4 is 10.2 Å². The number of para-hydroxylation sites is 1. The number of benzene rings is 1. The lowest BCUT2D eigenvalue weighted by atomic mass is 10.1. The first-order valence-electron chi connectivity index (χ1n) is 7.71. The van der Waals surface area contributed by atoms with E-state index in [0.717, 1.165) is 22.7 Å². The van der Waals surface area contributed by atoms with Crippen LogP contribution in [0, 0.1) is 12.8 Å². The summed E-state index contributed by atoms with van der Waals surface area (Å²) in [5, 5.41) is 3.48. The lowest BCUT2D eigenvalue weighted by Crippen LogP contribution is -2.28. The van der Waals surface area contributed by atoms with Gasteiger partial charge in [0.25, 0.3) is 0 Å². The molecule has 1 aliphatic heterocycles. The second-order valence-electron chi connectivity index (χ2n) is 5.61. The molecule has 1 fully saturated rings. The summed E-state index contributed by atoms with van der Waals surface area (Å²) in [5.41, 5.74) is 1.85. The Morgan fingerprint density at radius 1 is 1.39 bits per heavy atom. The Balaban J connectivity index is 1.68. The largest absolute Gasteiger partial charge is 0.312 e. The van der Waals surface area contributed by atoms with E-state index in [0.29, 0.717) is 11.7 Å². The Hall–Kier alpha value is -2.21. The minimum absolute atomic E-state index is 0.0130. The van der Waals surface area contributed by atoms with Crippen molar-refractivity contribution in [3.05, 3.63) is 40.9 Å². The summed E-state index contributed by atoms with van der Waals surface area (Å²) in [6, 6.07) is 9.46. The zero-order valence-corrected chi connectivity index (χ0v) is 14.0. The van der Waals surface area contributed by atoms with E-state index in [1.54, 1.807) is 4.90 Å². The molecule has 120 valence electrons. The van der Waals surface area contributed by atoms with Crippen LogP contribution in [0.5, 0.6) is 0 Å². The number of rotatable bonds is 4. The molecule has 0 saturated carbocycles. The number of thiazole rings is 1. The van der Waals surface area contributed by atoms with E-state index in [2.05, 4.69) is 10.3 Å². The van der Waals surface area contributed by atoms with Gasteiger partial charge >= 0.3 is 0 Å². The molecule has 2 aromatic rings. The number of nitrogens with zero attached hydrogens (tertiary/aromatic N) is 2. The number of carbonyl (C=O) groups is 2. The summed E-state index contributed by atoms with van der Waals surface area (Å²) < 4.78 is 0. The molecule has 2 amide bonds. The van der Waals surface area contributed by atoms with E-state index >= 15 is 0 Å². The van der Waals surface area contributed by atoms with E-state index in [9.17, 15) is 9.59 Å². The fourth-order valence-corrected chi connectivity index (χ4v) is 3.66. The van der Waals surface area contributed by atoms with Gasteiger partial charge < -0.3 is 10.2 Å². The predicted molar refractivity (Wildman–Crippen MR) is 91.8 cm³/mol. The molecule has 3 rings (SSSR count). The summed E-state index contributed by atoms with van der Waals surface area (Å²) in [6.45, 7) is 4.46. The molecule has 1 atom stereocenters. The van der Waals surface area contributed by atoms with E-state index in [4.69, 9.17) is 0 Å². The van der Waals surface area contributed by atoms with Gasteiger partial charge in [-0.05, 0) is 25.5 Å². The van der Waals surface area contributed by atoms with Gasteiger partial charge in [-0.25, -0.2) is 4.98 Å². The van der Waals surface area contributed by atoms with Crippen LogP contribution in [0.15, 0.2) is 30.3 Å². The van der Waals surface area contributed by atoms with Gasteiger partial charge in [0.2, 0.25) is 11.8 Å². The summed E-state index contributed by atoms with van der Waals surface area (Å²) in [4.78, 5) is 31.8. The number of hydrogen-bond acceptors (Lipinski definition) is 4. The van der Waals surface area contributed by atoms with Crippen LogP contribution >= 0.6 is 11.3 Å². The smallest absolute Gasteiger partial charge is 0.231 e. The normalized spacial score (nSPS) is 17.6. The van der Waals surface area contributed by atoms with Gasteiger partial charge in [0, 0.05) is 23.5 Å². The highest BCUT2D eigenvalue weighted by molar-refractivity contribution is 7.15. The first-order chi connectivity index (χ1) is 11.1. The summed E-state index contributed by atoms with van der Waals surface area (Å²) in [6.07, 6.45) is 1.09. The van der Waals surface area contributed by atoms with Gasteiger partial charge in [-0.15, -0.1) is 11.3 Å². The zero-order chi connectivity index (χ0) is 16.4. The Bertz CT molecular complexity index is 727. The van der Waals surface area contributed by atoms with E-state index in [1.165, 1.54) is 11.3 Å². The van der Waals surface area contributed by atoms with E-state index in [1.807, 2.05) is 44.2 Å². The lowest BCUT2D eigenvalue weighted by Gasteiger charge is -2.16. The molecule has 1 aromatic carbocycles. The zero-order valence-electron chi connectivity index (χ0n) is 13.2. The molecule has 2 heterocycles.